The fourth-order valence-corrected chi connectivity index (χ4v) is 4.48. The molecule has 12 heteroatoms. The number of nitrogens with zero attached hydrogens (tertiary/aromatic N) is 4. The molecule has 0 aliphatic heterocycles. The van der Waals surface area contributed by atoms with Crippen molar-refractivity contribution >= 4 is 38.3 Å². The maximum Gasteiger partial charge on any atom is 0.328 e. The summed E-state index contributed by atoms with van der Waals surface area (Å²) < 4.78 is 30.3. The number of hydrogen-bond acceptors (Lipinski definition) is 6. The van der Waals surface area contributed by atoms with Crippen LogP contribution in [0.15, 0.2) is 52.2 Å². The van der Waals surface area contributed by atoms with Crippen LogP contribution >= 0.6 is 0 Å². The van der Waals surface area contributed by atoms with Crippen molar-refractivity contribution in [2.45, 2.75) is 4.90 Å². The Morgan fingerprint density at radius 3 is 2.27 bits per heavy atom. The molecule has 0 spiro atoms. The number of carbonyl (C=O) groups excluding carboxylic acids is 1. The Kier molecular flexibility index (Phi) is 5.35. The molecule has 2 aromatic carbocycles. The van der Waals surface area contributed by atoms with Gasteiger partial charge in [0.15, 0.2) is 0 Å². The van der Waals surface area contributed by atoms with Gasteiger partial charge in [-0.25, -0.2) is 13.2 Å². The van der Waals surface area contributed by atoms with Gasteiger partial charge in [-0.05, 0) is 30.3 Å². The summed E-state index contributed by atoms with van der Waals surface area (Å²) >= 11 is 0. The third kappa shape index (κ3) is 3.52. The van der Waals surface area contributed by atoms with Gasteiger partial charge in [0.2, 0.25) is 5.91 Å². The van der Waals surface area contributed by atoms with Crippen molar-refractivity contribution < 1.29 is 18.1 Å². The number of rotatable bonds is 6. The van der Waals surface area contributed by atoms with Gasteiger partial charge in [-0.2, -0.15) is 0 Å². The van der Waals surface area contributed by atoms with E-state index in [0.717, 1.165) is 16.4 Å². The molecule has 0 fully saturated rings. The smallest absolute Gasteiger partial charge is 0.328 e. The summed E-state index contributed by atoms with van der Waals surface area (Å²) in [5.41, 5.74) is 0.530. The Balaban J connectivity index is 2.15. The Bertz CT molecular complexity index is 1310. The highest BCUT2D eigenvalue weighted by Gasteiger charge is 2.28. The molecule has 0 atom stereocenters. The van der Waals surface area contributed by atoms with Crippen LogP contribution in [0.25, 0.3) is 11.0 Å². The van der Waals surface area contributed by atoms with Gasteiger partial charge in [0.1, 0.15) is 6.54 Å². The summed E-state index contributed by atoms with van der Waals surface area (Å²) in [6.45, 7) is -0.525. The van der Waals surface area contributed by atoms with Gasteiger partial charge >= 0.3 is 5.69 Å². The zero-order valence-electron chi connectivity index (χ0n) is 16.4. The minimum Gasteiger partial charge on any atom is -0.358 e. The highest BCUT2D eigenvalue weighted by Crippen LogP contribution is 2.27. The van der Waals surface area contributed by atoms with E-state index in [1.54, 1.807) is 7.05 Å². The summed E-state index contributed by atoms with van der Waals surface area (Å²) in [5, 5.41) is 13.3. The van der Waals surface area contributed by atoms with Crippen molar-refractivity contribution in [3.8, 4) is 0 Å². The molecule has 0 aliphatic carbocycles. The molecule has 0 saturated carbocycles. The normalized spacial score (nSPS) is 11.4. The van der Waals surface area contributed by atoms with Crippen LogP contribution in [0.5, 0.6) is 0 Å². The number of amides is 1. The maximum absolute atomic E-state index is 13.4. The largest absolute Gasteiger partial charge is 0.358 e. The lowest BCUT2D eigenvalue weighted by Crippen LogP contribution is -2.39. The number of hydrogen-bond donors (Lipinski definition) is 1. The fourth-order valence-electron chi connectivity index (χ4n) is 3.04. The highest BCUT2D eigenvalue weighted by molar-refractivity contribution is 7.92. The quantitative estimate of drug-likeness (QED) is 0.449. The molecule has 1 N–H and O–H groups in total. The average molecular weight is 433 g/mol. The van der Waals surface area contributed by atoms with E-state index in [0.29, 0.717) is 11.0 Å². The van der Waals surface area contributed by atoms with Gasteiger partial charge in [0, 0.05) is 33.3 Å². The van der Waals surface area contributed by atoms with E-state index < -0.39 is 27.4 Å². The number of fused-ring (bicyclic) bond motifs is 1. The van der Waals surface area contributed by atoms with E-state index in [1.807, 2.05) is 0 Å². The standard InChI is InChI=1S/C18H19N5O6S/c1-19-17(24)11-22(12-4-6-13(7-5-12)23(26)27)30(28,29)14-8-9-15-16(10-14)21(3)18(25)20(15)2/h4-10H,11H2,1-3H3,(H,19,24). The van der Waals surface area contributed by atoms with Gasteiger partial charge in [-0.3, -0.25) is 28.3 Å². The predicted molar refractivity (Wildman–Crippen MR) is 110 cm³/mol. The van der Waals surface area contributed by atoms with Gasteiger partial charge in [0.05, 0.1) is 26.5 Å². The summed E-state index contributed by atoms with van der Waals surface area (Å²) in [6, 6.07) is 9.05. The van der Waals surface area contributed by atoms with E-state index in [1.165, 1.54) is 53.6 Å². The van der Waals surface area contributed by atoms with E-state index in [-0.39, 0.29) is 22.0 Å². The third-order valence-electron chi connectivity index (χ3n) is 4.75. The number of carbonyl (C=O) groups is 1. The monoisotopic (exact) mass is 433 g/mol. The first kappa shape index (κ1) is 21.0. The molecule has 11 nitrogen and oxygen atoms in total. The first-order chi connectivity index (χ1) is 14.1. The SMILES string of the molecule is CNC(=O)CN(c1ccc([N+](=O)[O-])cc1)S(=O)(=O)c1ccc2c(c1)n(C)c(=O)n2C. The van der Waals surface area contributed by atoms with Crippen LogP contribution in [0, 0.1) is 10.1 Å². The van der Waals surface area contributed by atoms with Gasteiger partial charge < -0.3 is 5.32 Å². The summed E-state index contributed by atoms with van der Waals surface area (Å²) in [7, 11) is 0.248. The van der Waals surface area contributed by atoms with Crippen LogP contribution in [-0.2, 0) is 28.9 Å². The third-order valence-corrected chi connectivity index (χ3v) is 6.52. The van der Waals surface area contributed by atoms with Gasteiger partial charge in [-0.15, -0.1) is 0 Å². The van der Waals surface area contributed by atoms with Crippen LogP contribution in [0.2, 0.25) is 0 Å². The number of aromatic nitrogens is 2. The lowest BCUT2D eigenvalue weighted by molar-refractivity contribution is -0.384. The predicted octanol–water partition coefficient (Wildman–Crippen LogP) is 0.726. The van der Waals surface area contributed by atoms with E-state index in [2.05, 4.69) is 5.32 Å². The lowest BCUT2D eigenvalue weighted by atomic mass is 10.3. The number of nitro groups is 1. The van der Waals surface area contributed by atoms with Crippen LogP contribution in [0.3, 0.4) is 0 Å². The molecule has 0 radical (unpaired) electrons. The van der Waals surface area contributed by atoms with Crippen molar-refractivity contribution in [3.05, 3.63) is 63.1 Å². The second kappa shape index (κ2) is 7.63. The molecule has 1 heterocycles. The van der Waals surface area contributed by atoms with Crippen LogP contribution in [-0.4, -0.2) is 42.0 Å². The Morgan fingerprint density at radius 1 is 1.10 bits per heavy atom. The number of nitrogens with one attached hydrogen (secondary N) is 1. The number of benzene rings is 2. The summed E-state index contributed by atoms with van der Waals surface area (Å²) in [4.78, 5) is 34.3. The lowest BCUT2D eigenvalue weighted by Gasteiger charge is -2.23. The van der Waals surface area contributed by atoms with Crippen LogP contribution in [0.4, 0.5) is 11.4 Å². The Labute approximate surface area is 171 Å². The number of sulfonamides is 1. The first-order valence-corrected chi connectivity index (χ1v) is 10.1. The number of likely N-dealkylation sites (N-methyl/N-ethyl adjacent to an activating group) is 1. The molecular formula is C18H19N5O6S. The Hall–Kier alpha value is -3.67. The van der Waals surface area contributed by atoms with E-state index in [4.69, 9.17) is 0 Å². The zero-order valence-corrected chi connectivity index (χ0v) is 17.2. The Morgan fingerprint density at radius 2 is 1.70 bits per heavy atom. The van der Waals surface area contributed by atoms with Crippen molar-refractivity contribution in [2.24, 2.45) is 14.1 Å². The molecule has 1 amide bonds. The second-order valence-electron chi connectivity index (χ2n) is 6.51. The molecule has 1 aromatic heterocycles. The van der Waals surface area contributed by atoms with Crippen molar-refractivity contribution in [1.29, 1.82) is 0 Å². The molecule has 0 bridgehead atoms. The minimum absolute atomic E-state index is 0.0891. The minimum atomic E-state index is -4.23. The van der Waals surface area contributed by atoms with Crippen molar-refractivity contribution in [3.63, 3.8) is 0 Å². The average Bonchev–Trinajstić information content (AvgIpc) is 2.95. The second-order valence-corrected chi connectivity index (χ2v) is 8.37. The molecule has 158 valence electrons. The maximum atomic E-state index is 13.4. The topological polar surface area (TPSA) is 137 Å². The molecule has 0 unspecified atom stereocenters. The number of nitro benzene ring substituents is 1. The molecule has 0 aliphatic rings. The molecule has 3 aromatic rings. The molecule has 0 saturated heterocycles. The van der Waals surface area contributed by atoms with Crippen LogP contribution in [0.1, 0.15) is 0 Å². The number of anilines is 1. The fraction of sp³-hybridized carbons (Fsp3) is 0.222. The number of imidazole rings is 1. The highest BCUT2D eigenvalue weighted by atomic mass is 32.2. The molecular weight excluding hydrogens is 414 g/mol. The number of non-ortho nitro benzene ring substituents is 1. The number of aryl methyl sites for hydroxylation is 2. The van der Waals surface area contributed by atoms with Gasteiger partial charge in [-0.1, -0.05) is 0 Å². The summed E-state index contributed by atoms with van der Waals surface area (Å²) in [5.74, 6) is -0.565. The van der Waals surface area contributed by atoms with Crippen molar-refractivity contribution in [1.82, 2.24) is 14.5 Å². The van der Waals surface area contributed by atoms with Crippen molar-refractivity contribution in [2.75, 3.05) is 17.9 Å². The molecule has 3 rings (SSSR count). The first-order valence-electron chi connectivity index (χ1n) is 8.71. The van der Waals surface area contributed by atoms with E-state index >= 15 is 0 Å². The summed E-state index contributed by atoms with van der Waals surface area (Å²) in [6.07, 6.45) is 0. The van der Waals surface area contributed by atoms with Crippen LogP contribution < -0.4 is 15.3 Å². The zero-order chi connectivity index (χ0) is 22.2. The molecule has 30 heavy (non-hydrogen) atoms. The van der Waals surface area contributed by atoms with E-state index in [9.17, 15) is 28.1 Å². The van der Waals surface area contributed by atoms with Gasteiger partial charge in [0.25, 0.3) is 15.7 Å².